The lowest BCUT2D eigenvalue weighted by Crippen LogP contribution is -2.28. The second kappa shape index (κ2) is 3.96. The maximum Gasteiger partial charge on any atom is 0.215 e. The first-order valence-corrected chi connectivity index (χ1v) is 5.29. The highest BCUT2D eigenvalue weighted by Gasteiger charge is 2.23. The molecule has 1 aliphatic heterocycles. The van der Waals surface area contributed by atoms with Crippen molar-refractivity contribution in [2.24, 2.45) is 0 Å². The van der Waals surface area contributed by atoms with E-state index in [1.165, 1.54) is 12.8 Å². The molecule has 0 bridgehead atoms. The topological polar surface area (TPSA) is 51.4 Å². The number of ether oxygens (including phenoxy) is 1. The van der Waals surface area contributed by atoms with Gasteiger partial charge in [-0.2, -0.15) is 4.98 Å². The molecule has 2 heterocycles. The van der Waals surface area contributed by atoms with Gasteiger partial charge < -0.3 is 15.4 Å². The Balaban J connectivity index is 2.33. The Morgan fingerprint density at radius 2 is 2.33 bits per heavy atom. The van der Waals surface area contributed by atoms with E-state index in [1.807, 2.05) is 6.07 Å². The predicted octanol–water partition coefficient (Wildman–Crippen LogP) is 1.66. The van der Waals surface area contributed by atoms with Gasteiger partial charge in [-0.25, -0.2) is 0 Å². The first kappa shape index (κ1) is 10.1. The number of hydrogen-bond donors (Lipinski definition) is 1. The monoisotopic (exact) mass is 207 g/mol. The zero-order valence-corrected chi connectivity index (χ0v) is 9.23. The Labute approximate surface area is 90.0 Å². The van der Waals surface area contributed by atoms with Crippen LogP contribution in [0.5, 0.6) is 5.88 Å². The predicted molar refractivity (Wildman–Crippen MR) is 61.2 cm³/mol. The summed E-state index contributed by atoms with van der Waals surface area (Å²) in [5.74, 6) is 1.48. The maximum absolute atomic E-state index is 5.93. The minimum atomic E-state index is 0.520. The van der Waals surface area contributed by atoms with Gasteiger partial charge in [0.25, 0.3) is 0 Å². The molecule has 1 fully saturated rings. The summed E-state index contributed by atoms with van der Waals surface area (Å²) in [5.41, 5.74) is 6.65. The zero-order chi connectivity index (χ0) is 10.8. The fraction of sp³-hybridized carbons (Fsp3) is 0.545. The largest absolute Gasteiger partial charge is 0.481 e. The molecule has 2 N–H and O–H groups in total. The molecular formula is C11H17N3O. The quantitative estimate of drug-likeness (QED) is 0.801. The molecule has 0 radical (unpaired) electrons. The molecule has 0 spiro atoms. The summed E-state index contributed by atoms with van der Waals surface area (Å²) in [7, 11) is 1.62. The van der Waals surface area contributed by atoms with E-state index in [2.05, 4.69) is 16.8 Å². The van der Waals surface area contributed by atoms with Gasteiger partial charge in [-0.15, -0.1) is 0 Å². The average molecular weight is 207 g/mol. The van der Waals surface area contributed by atoms with Crippen LogP contribution in [0.25, 0.3) is 0 Å². The first-order chi connectivity index (χ1) is 7.22. The number of anilines is 2. The van der Waals surface area contributed by atoms with Crippen molar-refractivity contribution < 1.29 is 4.74 Å². The van der Waals surface area contributed by atoms with Gasteiger partial charge in [0.15, 0.2) is 5.82 Å². The first-order valence-electron chi connectivity index (χ1n) is 5.29. The van der Waals surface area contributed by atoms with Crippen molar-refractivity contribution in [1.29, 1.82) is 0 Å². The number of nitrogens with two attached hydrogens (primary N) is 1. The number of methoxy groups -OCH3 is 1. The smallest absolute Gasteiger partial charge is 0.215 e. The van der Waals surface area contributed by atoms with Crippen LogP contribution in [0.4, 0.5) is 11.5 Å². The molecule has 4 heteroatoms. The number of nitrogen functional groups attached to an aromatic ring is 1. The lowest BCUT2D eigenvalue weighted by Gasteiger charge is -2.24. The van der Waals surface area contributed by atoms with E-state index in [4.69, 9.17) is 10.5 Å². The summed E-state index contributed by atoms with van der Waals surface area (Å²) >= 11 is 0. The van der Waals surface area contributed by atoms with E-state index >= 15 is 0 Å². The van der Waals surface area contributed by atoms with E-state index in [0.29, 0.717) is 11.9 Å². The molecular weight excluding hydrogens is 190 g/mol. The highest BCUT2D eigenvalue weighted by molar-refractivity contribution is 5.64. The third kappa shape index (κ3) is 1.84. The second-order valence-corrected chi connectivity index (χ2v) is 3.95. The summed E-state index contributed by atoms with van der Waals surface area (Å²) in [6, 6.07) is 4.16. The average Bonchev–Trinajstić information content (AvgIpc) is 2.65. The maximum atomic E-state index is 5.93. The van der Waals surface area contributed by atoms with Crippen LogP contribution >= 0.6 is 0 Å². The van der Waals surface area contributed by atoms with Crippen LogP contribution in [0.2, 0.25) is 0 Å². The molecule has 0 aromatic carbocycles. The Morgan fingerprint density at radius 3 is 2.93 bits per heavy atom. The van der Waals surface area contributed by atoms with Crippen molar-refractivity contribution in [2.75, 3.05) is 24.3 Å². The van der Waals surface area contributed by atoms with Gasteiger partial charge in [0.1, 0.15) is 0 Å². The van der Waals surface area contributed by atoms with Gasteiger partial charge in [-0.1, -0.05) is 0 Å². The molecule has 0 aliphatic carbocycles. The van der Waals surface area contributed by atoms with E-state index in [9.17, 15) is 0 Å². The van der Waals surface area contributed by atoms with Gasteiger partial charge >= 0.3 is 0 Å². The summed E-state index contributed by atoms with van der Waals surface area (Å²) in [6.45, 7) is 3.24. The third-order valence-electron chi connectivity index (χ3n) is 2.91. The van der Waals surface area contributed by atoms with Crippen molar-refractivity contribution in [1.82, 2.24) is 4.98 Å². The summed E-state index contributed by atoms with van der Waals surface area (Å²) in [5, 5.41) is 0. The summed E-state index contributed by atoms with van der Waals surface area (Å²) < 4.78 is 5.11. The van der Waals surface area contributed by atoms with Gasteiger partial charge in [-0.05, 0) is 25.8 Å². The molecule has 1 atom stereocenters. The molecule has 82 valence electrons. The fourth-order valence-corrected chi connectivity index (χ4v) is 2.03. The Hall–Kier alpha value is -1.45. The highest BCUT2D eigenvalue weighted by atomic mass is 16.5. The molecule has 1 unspecified atom stereocenters. The fourth-order valence-electron chi connectivity index (χ4n) is 2.03. The molecule has 1 aromatic heterocycles. The van der Waals surface area contributed by atoms with Crippen LogP contribution in [0.1, 0.15) is 19.8 Å². The van der Waals surface area contributed by atoms with Gasteiger partial charge in [0, 0.05) is 18.7 Å². The van der Waals surface area contributed by atoms with Crippen LogP contribution in [-0.4, -0.2) is 24.7 Å². The van der Waals surface area contributed by atoms with Crippen molar-refractivity contribution in [2.45, 2.75) is 25.8 Å². The summed E-state index contributed by atoms with van der Waals surface area (Å²) in [6.07, 6.45) is 2.41. The lowest BCUT2D eigenvalue weighted by atomic mass is 10.2. The van der Waals surface area contributed by atoms with Crippen LogP contribution < -0.4 is 15.4 Å². The van der Waals surface area contributed by atoms with Crippen LogP contribution in [0.15, 0.2) is 12.1 Å². The zero-order valence-electron chi connectivity index (χ0n) is 9.23. The molecule has 1 aliphatic rings. The molecule has 4 nitrogen and oxygen atoms in total. The molecule has 2 rings (SSSR count). The number of pyridine rings is 1. The normalized spacial score (nSPS) is 20.7. The van der Waals surface area contributed by atoms with Gasteiger partial charge in [-0.3, -0.25) is 0 Å². The number of hydrogen-bond acceptors (Lipinski definition) is 4. The standard InChI is InChI=1S/C11H17N3O/c1-8-4-3-7-14(8)11-9(12)5-6-10(13-11)15-2/h5-6,8H,3-4,7,12H2,1-2H3. The Kier molecular flexibility index (Phi) is 2.66. The van der Waals surface area contributed by atoms with Gasteiger partial charge in [0.05, 0.1) is 12.8 Å². The van der Waals surface area contributed by atoms with E-state index < -0.39 is 0 Å². The minimum Gasteiger partial charge on any atom is -0.481 e. The van der Waals surface area contributed by atoms with Crippen molar-refractivity contribution in [3.8, 4) is 5.88 Å². The number of rotatable bonds is 2. The lowest BCUT2D eigenvalue weighted by molar-refractivity contribution is 0.398. The van der Waals surface area contributed by atoms with E-state index in [1.54, 1.807) is 13.2 Å². The molecule has 0 saturated carbocycles. The van der Waals surface area contributed by atoms with Crippen molar-refractivity contribution >= 4 is 11.5 Å². The summed E-state index contributed by atoms with van der Waals surface area (Å²) in [4.78, 5) is 6.65. The molecule has 0 amide bonds. The number of nitrogens with zero attached hydrogens (tertiary/aromatic N) is 2. The minimum absolute atomic E-state index is 0.520. The molecule has 15 heavy (non-hydrogen) atoms. The van der Waals surface area contributed by atoms with Gasteiger partial charge in [0.2, 0.25) is 5.88 Å². The number of aromatic nitrogens is 1. The highest BCUT2D eigenvalue weighted by Crippen LogP contribution is 2.29. The second-order valence-electron chi connectivity index (χ2n) is 3.95. The van der Waals surface area contributed by atoms with Crippen LogP contribution in [0, 0.1) is 0 Å². The van der Waals surface area contributed by atoms with Crippen molar-refractivity contribution in [3.63, 3.8) is 0 Å². The molecule has 1 saturated heterocycles. The van der Waals surface area contributed by atoms with E-state index in [-0.39, 0.29) is 0 Å². The van der Waals surface area contributed by atoms with Crippen LogP contribution in [0.3, 0.4) is 0 Å². The van der Waals surface area contributed by atoms with Crippen LogP contribution in [-0.2, 0) is 0 Å². The molecule has 1 aromatic rings. The third-order valence-corrected chi connectivity index (χ3v) is 2.91. The Bertz CT molecular complexity index is 354. The van der Waals surface area contributed by atoms with Crippen molar-refractivity contribution in [3.05, 3.63) is 12.1 Å². The van der Waals surface area contributed by atoms with E-state index in [0.717, 1.165) is 18.1 Å². The Morgan fingerprint density at radius 1 is 1.53 bits per heavy atom. The SMILES string of the molecule is COc1ccc(N)c(N2CCCC2C)n1.